The molecule has 0 atom stereocenters. The molecule has 0 bridgehead atoms. The lowest BCUT2D eigenvalue weighted by molar-refractivity contribution is -0.395. The number of rotatable bonds is 11. The number of hydrogen-bond donors (Lipinski definition) is 0. The highest BCUT2D eigenvalue weighted by Crippen LogP contribution is 2.29. The third-order valence-electron chi connectivity index (χ3n) is 3.16. The molecule has 0 radical (unpaired) electrons. The van der Waals surface area contributed by atoms with Crippen molar-refractivity contribution in [3.05, 3.63) is 60.8 Å². The molecule has 0 amide bonds. The lowest BCUT2D eigenvalue weighted by Crippen LogP contribution is -2.57. The average Bonchev–Trinajstić information content (AvgIpc) is 2.66. The van der Waals surface area contributed by atoms with E-state index in [9.17, 15) is 24.0 Å². The molecule has 10 nitrogen and oxygen atoms in total. The van der Waals surface area contributed by atoms with Crippen LogP contribution in [0.3, 0.4) is 0 Å². The summed E-state index contributed by atoms with van der Waals surface area (Å²) in [5.41, 5.74) is -1.06. The second-order valence-electron chi connectivity index (χ2n) is 6.82. The highest BCUT2D eigenvalue weighted by molar-refractivity contribution is 5.92. The fourth-order valence-electron chi connectivity index (χ4n) is 1.42. The summed E-state index contributed by atoms with van der Waals surface area (Å²) in [7, 11) is 0. The number of esters is 5. The van der Waals surface area contributed by atoms with Crippen LogP contribution in [0.5, 0.6) is 0 Å². The molecule has 0 saturated carbocycles. The second kappa shape index (κ2) is 11.4. The molecular weight excluding hydrogens is 424 g/mol. The van der Waals surface area contributed by atoms with Crippen LogP contribution in [0.1, 0.15) is 34.6 Å². The summed E-state index contributed by atoms with van der Waals surface area (Å²) in [6, 6.07) is 0. The lowest BCUT2D eigenvalue weighted by atomic mass is 10.3. The molecule has 10 heteroatoms. The van der Waals surface area contributed by atoms with Crippen LogP contribution in [-0.4, -0.2) is 42.1 Å². The van der Waals surface area contributed by atoms with Crippen molar-refractivity contribution in [2.24, 2.45) is 0 Å². The van der Waals surface area contributed by atoms with E-state index in [1.807, 2.05) is 0 Å². The van der Waals surface area contributed by atoms with E-state index in [0.717, 1.165) is 0 Å². The van der Waals surface area contributed by atoms with Crippen molar-refractivity contribution >= 4 is 29.8 Å². The smallest absolute Gasteiger partial charge is 0.410 e. The van der Waals surface area contributed by atoms with Gasteiger partial charge in [-0.15, -0.1) is 0 Å². The average molecular weight is 450 g/mol. The SMILES string of the molecule is C=C(C)C(=O)OC(OC(=O)C(=C)C)C(OC(=O)C(=C)C)(OC(=O)C(=C)C)OC(=O)C(=C)C. The highest BCUT2D eigenvalue weighted by Gasteiger charge is 2.57. The fourth-order valence-corrected chi connectivity index (χ4v) is 1.42. The second-order valence-corrected chi connectivity index (χ2v) is 6.82. The van der Waals surface area contributed by atoms with Crippen LogP contribution in [0.25, 0.3) is 0 Å². The monoisotopic (exact) mass is 450 g/mol. The maximum atomic E-state index is 12.3. The Morgan fingerprint density at radius 1 is 0.500 bits per heavy atom. The molecule has 0 fully saturated rings. The van der Waals surface area contributed by atoms with Crippen molar-refractivity contribution in [2.45, 2.75) is 46.9 Å². The summed E-state index contributed by atoms with van der Waals surface area (Å²) >= 11 is 0. The maximum absolute atomic E-state index is 12.3. The zero-order valence-electron chi connectivity index (χ0n) is 18.7. The molecule has 0 aromatic rings. The van der Waals surface area contributed by atoms with Gasteiger partial charge in [-0.25, -0.2) is 24.0 Å². The first kappa shape index (κ1) is 28.1. The van der Waals surface area contributed by atoms with Gasteiger partial charge >= 0.3 is 42.1 Å². The third kappa shape index (κ3) is 8.05. The summed E-state index contributed by atoms with van der Waals surface area (Å²) in [6.45, 7) is 23.0. The van der Waals surface area contributed by atoms with E-state index in [-0.39, 0.29) is 27.9 Å². The van der Waals surface area contributed by atoms with Crippen LogP contribution in [0, 0.1) is 0 Å². The molecule has 0 aromatic heterocycles. The fraction of sp³-hybridized carbons (Fsp3) is 0.318. The van der Waals surface area contributed by atoms with Gasteiger partial charge in [0.25, 0.3) is 0 Å². The number of carbonyl (C=O) groups is 5. The van der Waals surface area contributed by atoms with Gasteiger partial charge in [-0.1, -0.05) is 32.9 Å². The molecule has 0 unspecified atom stereocenters. The molecule has 0 aliphatic carbocycles. The van der Waals surface area contributed by atoms with Crippen LogP contribution < -0.4 is 0 Å². The summed E-state index contributed by atoms with van der Waals surface area (Å²) in [6.07, 6.45) is -2.44. The molecule has 0 aliphatic heterocycles. The zero-order chi connectivity index (χ0) is 25.4. The quantitative estimate of drug-likeness (QED) is 0.263. The molecule has 0 N–H and O–H groups in total. The van der Waals surface area contributed by atoms with Crippen LogP contribution in [0.15, 0.2) is 60.8 Å². The van der Waals surface area contributed by atoms with E-state index < -0.39 is 42.1 Å². The van der Waals surface area contributed by atoms with E-state index in [1.165, 1.54) is 34.6 Å². The molecule has 0 aromatic carbocycles. The van der Waals surface area contributed by atoms with Gasteiger partial charge in [0, 0.05) is 27.9 Å². The Labute approximate surface area is 185 Å². The summed E-state index contributed by atoms with van der Waals surface area (Å²) in [4.78, 5) is 61.4. The van der Waals surface area contributed by atoms with Crippen LogP contribution in [0.2, 0.25) is 0 Å². The van der Waals surface area contributed by atoms with E-state index in [4.69, 9.17) is 23.7 Å². The molecule has 0 rings (SSSR count). The lowest BCUT2D eigenvalue weighted by Gasteiger charge is -2.35. The Morgan fingerprint density at radius 2 is 0.719 bits per heavy atom. The van der Waals surface area contributed by atoms with Crippen molar-refractivity contribution in [1.29, 1.82) is 0 Å². The Hall–Kier alpha value is -3.95. The largest absolute Gasteiger partial charge is 0.504 e. The van der Waals surface area contributed by atoms with Crippen LogP contribution in [0.4, 0.5) is 0 Å². The van der Waals surface area contributed by atoms with E-state index in [0.29, 0.717) is 0 Å². The van der Waals surface area contributed by atoms with Gasteiger partial charge in [-0.2, -0.15) is 0 Å². The zero-order valence-corrected chi connectivity index (χ0v) is 18.7. The standard InChI is InChI=1S/C22H26O10/c1-11(2)16(23)28-21(29-17(24)12(3)4)22(30-18(25)13(5)6,31-19(26)14(7)8)32-20(27)15(9)10/h21H,1,3,5,7,9H2,2,4,6,8,10H3. The molecular formula is C22H26O10. The van der Waals surface area contributed by atoms with E-state index >= 15 is 0 Å². The Morgan fingerprint density at radius 3 is 0.906 bits per heavy atom. The first-order valence-corrected chi connectivity index (χ1v) is 8.93. The van der Waals surface area contributed by atoms with Crippen molar-refractivity contribution in [3.63, 3.8) is 0 Å². The van der Waals surface area contributed by atoms with Crippen molar-refractivity contribution < 1.29 is 47.7 Å². The summed E-state index contributed by atoms with van der Waals surface area (Å²) in [5.74, 6) is -9.33. The molecule has 0 saturated heterocycles. The number of ether oxygens (including phenoxy) is 5. The first-order valence-electron chi connectivity index (χ1n) is 8.93. The van der Waals surface area contributed by atoms with Crippen molar-refractivity contribution in [1.82, 2.24) is 0 Å². The number of carbonyl (C=O) groups excluding carboxylic acids is 5. The van der Waals surface area contributed by atoms with Gasteiger partial charge in [0.1, 0.15) is 0 Å². The third-order valence-corrected chi connectivity index (χ3v) is 3.16. The van der Waals surface area contributed by atoms with E-state index in [2.05, 4.69) is 32.9 Å². The van der Waals surface area contributed by atoms with E-state index in [1.54, 1.807) is 0 Å². The van der Waals surface area contributed by atoms with Crippen molar-refractivity contribution in [3.8, 4) is 0 Å². The molecule has 0 heterocycles. The topological polar surface area (TPSA) is 132 Å². The minimum Gasteiger partial charge on any atom is -0.410 e. The molecule has 32 heavy (non-hydrogen) atoms. The van der Waals surface area contributed by atoms with Crippen LogP contribution in [-0.2, 0) is 47.7 Å². The summed E-state index contributed by atoms with van der Waals surface area (Å²) in [5, 5.41) is 0. The normalized spacial score (nSPS) is 10.3. The first-order chi connectivity index (χ1) is 14.5. The Kier molecular flexibility index (Phi) is 10.0. The van der Waals surface area contributed by atoms with Gasteiger partial charge in [0.05, 0.1) is 0 Å². The van der Waals surface area contributed by atoms with Crippen LogP contribution >= 0.6 is 0 Å². The highest BCUT2D eigenvalue weighted by atomic mass is 16.9. The van der Waals surface area contributed by atoms with Crippen molar-refractivity contribution in [2.75, 3.05) is 0 Å². The molecule has 0 aliphatic rings. The van der Waals surface area contributed by atoms with Gasteiger partial charge < -0.3 is 23.7 Å². The summed E-state index contributed by atoms with van der Waals surface area (Å²) < 4.78 is 25.1. The Balaban J connectivity index is 6.92. The van der Waals surface area contributed by atoms with Gasteiger partial charge in [0.2, 0.25) is 0 Å². The minimum absolute atomic E-state index is 0.182. The maximum Gasteiger partial charge on any atom is 0.504 e. The molecule has 0 spiro atoms. The number of hydrogen-bond acceptors (Lipinski definition) is 10. The van der Waals surface area contributed by atoms with Gasteiger partial charge in [-0.3, -0.25) is 0 Å². The predicted molar refractivity (Wildman–Crippen MR) is 111 cm³/mol. The van der Waals surface area contributed by atoms with Gasteiger partial charge in [-0.05, 0) is 34.6 Å². The molecule has 174 valence electrons. The Bertz CT molecular complexity index is 808. The minimum atomic E-state index is -3.24. The predicted octanol–water partition coefficient (Wildman–Crippen LogP) is 2.56. The van der Waals surface area contributed by atoms with Gasteiger partial charge in [0.15, 0.2) is 0 Å².